The third-order valence-electron chi connectivity index (χ3n) is 10.2. The molecule has 2 aliphatic rings. The molecule has 2 fully saturated rings. The molecular weight excluding hydrogens is 686 g/mol. The molecule has 4 rings (SSSR count). The van der Waals surface area contributed by atoms with Gasteiger partial charge < -0.3 is 43.1 Å². The third-order valence-corrected chi connectivity index (χ3v) is 10.2. The minimum absolute atomic E-state index is 0.0152. The minimum Gasteiger partial charge on any atom is -0.493 e. The van der Waals surface area contributed by atoms with Gasteiger partial charge in [-0.1, -0.05) is 23.7 Å². The maximum Gasteiger partial charge on any atom is 0.247 e. The largest absolute Gasteiger partial charge is 0.493 e. The summed E-state index contributed by atoms with van der Waals surface area (Å²) in [6, 6.07) is 7.56. The third kappa shape index (κ3) is 11.4. The SMILES string of the molecule is COc1cc(C#CC=CC(=O)N2CCC(CC(CC3CCN(C(=O)C=CC#Cc4cc(OC)c(OC)c(OC)c4)CC3)N(C)C)CC2)cc(OC)c1OC. The number of amides is 2. The van der Waals surface area contributed by atoms with E-state index in [1.54, 1.807) is 91.2 Å². The molecule has 2 amide bonds. The molecular formula is C43H55N3O8. The predicted molar refractivity (Wildman–Crippen MR) is 210 cm³/mol. The van der Waals surface area contributed by atoms with E-state index in [0.717, 1.165) is 64.7 Å². The van der Waals surface area contributed by atoms with Crippen molar-refractivity contribution in [2.45, 2.75) is 44.6 Å². The van der Waals surface area contributed by atoms with Gasteiger partial charge in [-0.3, -0.25) is 9.59 Å². The highest BCUT2D eigenvalue weighted by atomic mass is 16.5. The summed E-state index contributed by atoms with van der Waals surface area (Å²) >= 11 is 0. The lowest BCUT2D eigenvalue weighted by molar-refractivity contribution is -0.128. The molecule has 0 spiro atoms. The number of hydrogen-bond acceptors (Lipinski definition) is 9. The Bertz CT molecular complexity index is 1590. The van der Waals surface area contributed by atoms with E-state index in [2.05, 4.69) is 42.7 Å². The van der Waals surface area contributed by atoms with Crippen LogP contribution in [0.2, 0.25) is 0 Å². The maximum atomic E-state index is 12.9. The monoisotopic (exact) mass is 741 g/mol. The molecule has 0 atom stereocenters. The molecule has 0 radical (unpaired) electrons. The summed E-state index contributed by atoms with van der Waals surface area (Å²) in [6.45, 7) is 2.98. The first-order valence-corrected chi connectivity index (χ1v) is 18.3. The lowest BCUT2D eigenvalue weighted by Crippen LogP contribution is -2.41. The van der Waals surface area contributed by atoms with Crippen molar-refractivity contribution in [3.63, 3.8) is 0 Å². The lowest BCUT2D eigenvalue weighted by Gasteiger charge is -2.38. The fourth-order valence-corrected chi connectivity index (χ4v) is 7.06. The number of methoxy groups -OCH3 is 6. The Morgan fingerprint density at radius 1 is 0.630 bits per heavy atom. The number of piperidine rings is 2. The van der Waals surface area contributed by atoms with Crippen molar-refractivity contribution in [1.82, 2.24) is 14.7 Å². The molecule has 54 heavy (non-hydrogen) atoms. The highest BCUT2D eigenvalue weighted by molar-refractivity contribution is 5.88. The summed E-state index contributed by atoms with van der Waals surface area (Å²) < 4.78 is 32.3. The topological polar surface area (TPSA) is 99.2 Å². The van der Waals surface area contributed by atoms with E-state index < -0.39 is 0 Å². The number of hydrogen-bond donors (Lipinski definition) is 0. The van der Waals surface area contributed by atoms with Gasteiger partial charge in [-0.15, -0.1) is 0 Å². The van der Waals surface area contributed by atoms with E-state index in [9.17, 15) is 9.59 Å². The molecule has 290 valence electrons. The molecule has 2 aromatic rings. The van der Waals surface area contributed by atoms with Crippen LogP contribution in [0.25, 0.3) is 0 Å². The van der Waals surface area contributed by atoms with Gasteiger partial charge in [0.2, 0.25) is 23.3 Å². The zero-order valence-electron chi connectivity index (χ0n) is 33.0. The molecule has 2 heterocycles. The van der Waals surface area contributed by atoms with Crippen LogP contribution in [-0.2, 0) is 9.59 Å². The number of rotatable bonds is 13. The second kappa shape index (κ2) is 20.8. The first-order valence-electron chi connectivity index (χ1n) is 18.3. The van der Waals surface area contributed by atoms with E-state index in [0.29, 0.717) is 63.5 Å². The number of nitrogens with zero attached hydrogens (tertiary/aromatic N) is 3. The summed E-state index contributed by atoms with van der Waals surface area (Å²) in [5.74, 6) is 16.2. The van der Waals surface area contributed by atoms with Gasteiger partial charge in [0.15, 0.2) is 23.0 Å². The second-order valence-electron chi connectivity index (χ2n) is 13.7. The molecule has 2 aliphatic heterocycles. The van der Waals surface area contributed by atoms with Crippen LogP contribution >= 0.6 is 0 Å². The number of likely N-dealkylation sites (tertiary alicyclic amines) is 2. The summed E-state index contributed by atoms with van der Waals surface area (Å²) in [5, 5.41) is 0. The predicted octanol–water partition coefficient (Wildman–Crippen LogP) is 5.44. The summed E-state index contributed by atoms with van der Waals surface area (Å²) in [5.41, 5.74) is 1.39. The van der Waals surface area contributed by atoms with Gasteiger partial charge in [-0.05, 0) is 101 Å². The number of carbonyl (C=O) groups excluding carboxylic acids is 2. The van der Waals surface area contributed by atoms with Gasteiger partial charge >= 0.3 is 0 Å². The Morgan fingerprint density at radius 3 is 1.24 bits per heavy atom. The van der Waals surface area contributed by atoms with Crippen LogP contribution in [-0.4, -0.2) is 115 Å². The smallest absolute Gasteiger partial charge is 0.247 e. The van der Waals surface area contributed by atoms with Crippen LogP contribution in [0.1, 0.15) is 49.7 Å². The molecule has 2 saturated heterocycles. The van der Waals surface area contributed by atoms with Gasteiger partial charge in [-0.25, -0.2) is 0 Å². The van der Waals surface area contributed by atoms with E-state index in [1.807, 2.05) is 9.80 Å². The molecule has 2 aromatic carbocycles. The van der Waals surface area contributed by atoms with Crippen molar-refractivity contribution in [3.8, 4) is 58.2 Å². The standard InChI is InChI=1S/C43H55N3O8/c1-44(2)35(25-31-17-21-45(22-18-31)40(47)15-11-9-13-33-27-36(49-3)42(53-7)37(28-33)50-4)26-32-19-23-46(24-20-32)41(48)16-12-10-14-34-29-38(51-5)43(54-8)39(30-34)52-6/h11-12,15-16,27-32,35H,17-26H2,1-8H3. The van der Waals surface area contributed by atoms with Crippen molar-refractivity contribution in [2.75, 3.05) is 82.9 Å². The van der Waals surface area contributed by atoms with Gasteiger partial charge in [0.05, 0.1) is 42.7 Å². The fraction of sp³-hybridized carbons (Fsp3) is 0.488. The molecule has 0 unspecified atom stereocenters. The van der Waals surface area contributed by atoms with Crippen molar-refractivity contribution in [1.29, 1.82) is 0 Å². The zero-order valence-corrected chi connectivity index (χ0v) is 33.0. The summed E-state index contributed by atoms with van der Waals surface area (Å²) in [4.78, 5) is 32.0. The first kappa shape index (κ1) is 41.5. The van der Waals surface area contributed by atoms with E-state index in [1.165, 1.54) is 0 Å². The molecule has 0 bridgehead atoms. The molecule has 11 nitrogen and oxygen atoms in total. The van der Waals surface area contributed by atoms with Crippen LogP contribution in [0.3, 0.4) is 0 Å². The van der Waals surface area contributed by atoms with E-state index in [4.69, 9.17) is 28.4 Å². The first-order chi connectivity index (χ1) is 26.1. The molecule has 0 aromatic heterocycles. The second-order valence-corrected chi connectivity index (χ2v) is 13.7. The van der Waals surface area contributed by atoms with Crippen molar-refractivity contribution < 1.29 is 38.0 Å². The van der Waals surface area contributed by atoms with Gasteiger partial charge in [0.1, 0.15) is 0 Å². The summed E-state index contributed by atoms with van der Waals surface area (Å²) in [7, 11) is 13.7. The summed E-state index contributed by atoms with van der Waals surface area (Å²) in [6.07, 6.45) is 12.5. The van der Waals surface area contributed by atoms with Gasteiger partial charge in [-0.2, -0.15) is 0 Å². The van der Waals surface area contributed by atoms with Crippen LogP contribution in [0.15, 0.2) is 48.6 Å². The molecule has 11 heteroatoms. The molecule has 0 aliphatic carbocycles. The van der Waals surface area contributed by atoms with Crippen LogP contribution in [0.5, 0.6) is 34.5 Å². The number of allylic oxidation sites excluding steroid dienone is 2. The Balaban J connectivity index is 1.21. The van der Waals surface area contributed by atoms with Gasteiger partial charge in [0, 0.05) is 55.5 Å². The number of ether oxygens (including phenoxy) is 6. The van der Waals surface area contributed by atoms with Crippen LogP contribution in [0.4, 0.5) is 0 Å². The minimum atomic E-state index is -0.0152. The average molecular weight is 742 g/mol. The normalized spacial score (nSPS) is 15.6. The molecule has 0 saturated carbocycles. The highest BCUT2D eigenvalue weighted by Gasteiger charge is 2.29. The number of carbonyl (C=O) groups is 2. The number of benzene rings is 2. The Hall–Kier alpha value is -5.26. The average Bonchev–Trinajstić information content (AvgIpc) is 3.20. The lowest BCUT2D eigenvalue weighted by atomic mass is 9.83. The van der Waals surface area contributed by atoms with Crippen molar-refractivity contribution >= 4 is 11.8 Å². The van der Waals surface area contributed by atoms with Crippen molar-refractivity contribution in [2.24, 2.45) is 11.8 Å². The van der Waals surface area contributed by atoms with Crippen LogP contribution < -0.4 is 28.4 Å². The van der Waals surface area contributed by atoms with Gasteiger partial charge in [0.25, 0.3) is 0 Å². The van der Waals surface area contributed by atoms with E-state index >= 15 is 0 Å². The Kier molecular flexibility index (Phi) is 16.0. The van der Waals surface area contributed by atoms with Crippen LogP contribution in [0, 0.1) is 35.5 Å². The quantitative estimate of drug-likeness (QED) is 0.196. The Morgan fingerprint density at radius 2 is 0.963 bits per heavy atom. The highest BCUT2D eigenvalue weighted by Crippen LogP contribution is 2.39. The zero-order chi connectivity index (χ0) is 39.0. The molecule has 0 N–H and O–H groups in total. The Labute approximate surface area is 321 Å². The van der Waals surface area contributed by atoms with Crippen molar-refractivity contribution in [3.05, 3.63) is 59.7 Å². The van der Waals surface area contributed by atoms with E-state index in [-0.39, 0.29) is 11.8 Å². The maximum absolute atomic E-state index is 12.9. The fourth-order valence-electron chi connectivity index (χ4n) is 7.06.